The monoisotopic (exact) mass is 381 g/mol. The number of carboxylic acid groups (broad SMARTS) is 1. The summed E-state index contributed by atoms with van der Waals surface area (Å²) in [4.78, 5) is 25.4. The van der Waals surface area contributed by atoms with Crippen LogP contribution in [0.2, 0.25) is 10.0 Å². The fraction of sp³-hybridized carbons (Fsp3) is 0.353. The first kappa shape index (κ1) is 17.8. The first-order chi connectivity index (χ1) is 11.9. The summed E-state index contributed by atoms with van der Waals surface area (Å²) < 4.78 is 1.62. The van der Waals surface area contributed by atoms with Crippen molar-refractivity contribution in [3.63, 3.8) is 0 Å². The maximum Gasteiger partial charge on any atom is 0.305 e. The van der Waals surface area contributed by atoms with Gasteiger partial charge in [0.2, 0.25) is 0 Å². The lowest BCUT2D eigenvalue weighted by atomic mass is 10.1. The van der Waals surface area contributed by atoms with Gasteiger partial charge in [0.25, 0.3) is 5.91 Å². The molecule has 0 spiro atoms. The summed E-state index contributed by atoms with van der Waals surface area (Å²) >= 11 is 12.0. The zero-order valence-electron chi connectivity index (χ0n) is 13.6. The normalized spacial score (nSPS) is 17.1. The van der Waals surface area contributed by atoms with Gasteiger partial charge in [-0.15, -0.1) is 0 Å². The second kappa shape index (κ2) is 7.06. The summed E-state index contributed by atoms with van der Waals surface area (Å²) in [5, 5.41) is 14.2. The van der Waals surface area contributed by atoms with Crippen molar-refractivity contribution in [2.45, 2.75) is 32.2 Å². The van der Waals surface area contributed by atoms with Crippen molar-refractivity contribution in [3.8, 4) is 5.69 Å². The van der Waals surface area contributed by atoms with Gasteiger partial charge in [-0.05, 0) is 44.0 Å². The molecule has 1 aromatic heterocycles. The molecule has 1 aliphatic rings. The number of benzene rings is 1. The number of hydrogen-bond donors (Lipinski definition) is 1. The number of amides is 1. The summed E-state index contributed by atoms with van der Waals surface area (Å²) in [5.74, 6) is -1.15. The van der Waals surface area contributed by atoms with Crippen LogP contribution in [0.15, 0.2) is 24.3 Å². The Morgan fingerprint density at radius 3 is 2.72 bits per heavy atom. The van der Waals surface area contributed by atoms with Gasteiger partial charge in [0.15, 0.2) is 5.69 Å². The first-order valence-corrected chi connectivity index (χ1v) is 8.67. The number of carbonyl (C=O) groups excluding carboxylic acids is 1. The molecule has 25 heavy (non-hydrogen) atoms. The second-order valence-corrected chi connectivity index (χ2v) is 6.89. The Bertz CT molecular complexity index is 835. The van der Waals surface area contributed by atoms with E-state index in [4.69, 9.17) is 28.3 Å². The smallest absolute Gasteiger partial charge is 0.305 e. The molecule has 6 nitrogen and oxygen atoms in total. The Kier molecular flexibility index (Phi) is 5.01. The van der Waals surface area contributed by atoms with E-state index in [1.54, 1.807) is 33.8 Å². The minimum absolute atomic E-state index is 0.0434. The van der Waals surface area contributed by atoms with Gasteiger partial charge in [0, 0.05) is 18.3 Å². The Balaban J connectivity index is 1.87. The van der Waals surface area contributed by atoms with Crippen molar-refractivity contribution in [1.82, 2.24) is 14.7 Å². The molecule has 1 aromatic carbocycles. The van der Waals surface area contributed by atoms with Crippen molar-refractivity contribution in [2.24, 2.45) is 0 Å². The van der Waals surface area contributed by atoms with Crippen LogP contribution < -0.4 is 0 Å². The van der Waals surface area contributed by atoms with Crippen LogP contribution in [0.4, 0.5) is 0 Å². The van der Waals surface area contributed by atoms with Gasteiger partial charge in [0.1, 0.15) is 0 Å². The molecule has 1 unspecified atom stereocenters. The van der Waals surface area contributed by atoms with Crippen molar-refractivity contribution < 1.29 is 14.7 Å². The Labute approximate surface area is 154 Å². The number of rotatable bonds is 4. The number of aromatic nitrogens is 2. The van der Waals surface area contributed by atoms with Crippen molar-refractivity contribution in [2.75, 3.05) is 6.54 Å². The molecular formula is C17H17Cl2N3O3. The second-order valence-electron chi connectivity index (χ2n) is 6.07. The van der Waals surface area contributed by atoms with Gasteiger partial charge >= 0.3 is 5.97 Å². The highest BCUT2D eigenvalue weighted by Gasteiger charge is 2.32. The first-order valence-electron chi connectivity index (χ1n) is 7.91. The van der Waals surface area contributed by atoms with Crippen LogP contribution in [-0.2, 0) is 4.79 Å². The molecule has 0 bridgehead atoms. The van der Waals surface area contributed by atoms with E-state index in [-0.39, 0.29) is 18.4 Å². The average molecular weight is 382 g/mol. The van der Waals surface area contributed by atoms with Gasteiger partial charge < -0.3 is 10.0 Å². The fourth-order valence-electron chi connectivity index (χ4n) is 3.12. The zero-order chi connectivity index (χ0) is 18.1. The SMILES string of the molecule is Cc1cc(C(=O)N2CCCC2CC(=O)O)nn1-c1ccc(Cl)c(Cl)c1. The molecule has 2 heterocycles. The van der Waals surface area contributed by atoms with Crippen LogP contribution in [-0.4, -0.2) is 44.3 Å². The van der Waals surface area contributed by atoms with Crippen LogP contribution in [0.25, 0.3) is 5.69 Å². The molecule has 1 atom stereocenters. The minimum Gasteiger partial charge on any atom is -0.481 e. The molecule has 3 rings (SSSR count). The molecule has 0 aliphatic carbocycles. The number of carboxylic acids is 1. The number of likely N-dealkylation sites (tertiary alicyclic amines) is 1. The highest BCUT2D eigenvalue weighted by molar-refractivity contribution is 6.42. The maximum atomic E-state index is 12.8. The van der Waals surface area contributed by atoms with Crippen molar-refractivity contribution >= 4 is 35.1 Å². The number of aryl methyl sites for hydroxylation is 1. The van der Waals surface area contributed by atoms with Crippen LogP contribution in [0.3, 0.4) is 0 Å². The van der Waals surface area contributed by atoms with E-state index in [9.17, 15) is 9.59 Å². The van der Waals surface area contributed by atoms with Crippen LogP contribution >= 0.6 is 23.2 Å². The van der Waals surface area contributed by atoms with Gasteiger partial charge in [-0.25, -0.2) is 4.68 Å². The lowest BCUT2D eigenvalue weighted by Crippen LogP contribution is -2.37. The summed E-state index contributed by atoms with van der Waals surface area (Å²) in [6.45, 7) is 2.39. The van der Waals surface area contributed by atoms with E-state index in [1.807, 2.05) is 6.92 Å². The highest BCUT2D eigenvalue weighted by Crippen LogP contribution is 2.26. The molecule has 0 saturated carbocycles. The number of nitrogens with zero attached hydrogens (tertiary/aromatic N) is 3. The van der Waals surface area contributed by atoms with E-state index in [2.05, 4.69) is 5.10 Å². The number of hydrogen-bond acceptors (Lipinski definition) is 3. The minimum atomic E-state index is -0.901. The Hall–Kier alpha value is -2.05. The average Bonchev–Trinajstić information content (AvgIpc) is 3.15. The summed E-state index contributed by atoms with van der Waals surface area (Å²) in [6.07, 6.45) is 1.46. The quantitative estimate of drug-likeness (QED) is 0.877. The van der Waals surface area contributed by atoms with E-state index < -0.39 is 5.97 Å². The fourth-order valence-corrected chi connectivity index (χ4v) is 3.41. The largest absolute Gasteiger partial charge is 0.481 e. The van der Waals surface area contributed by atoms with Gasteiger partial charge in [-0.2, -0.15) is 5.10 Å². The predicted molar refractivity (Wildman–Crippen MR) is 94.6 cm³/mol. The van der Waals surface area contributed by atoms with E-state index in [1.165, 1.54) is 0 Å². The van der Waals surface area contributed by atoms with Crippen molar-refractivity contribution in [1.29, 1.82) is 0 Å². The Morgan fingerprint density at radius 2 is 2.04 bits per heavy atom. The topological polar surface area (TPSA) is 75.4 Å². The van der Waals surface area contributed by atoms with Gasteiger partial charge in [-0.3, -0.25) is 9.59 Å². The van der Waals surface area contributed by atoms with Gasteiger partial charge in [0.05, 0.1) is 22.2 Å². The highest BCUT2D eigenvalue weighted by atomic mass is 35.5. The van der Waals surface area contributed by atoms with Gasteiger partial charge in [-0.1, -0.05) is 23.2 Å². The molecule has 2 aromatic rings. The molecule has 8 heteroatoms. The summed E-state index contributed by atoms with van der Waals surface area (Å²) in [5.41, 5.74) is 1.77. The lowest BCUT2D eigenvalue weighted by molar-refractivity contribution is -0.137. The molecule has 1 amide bonds. The van der Waals surface area contributed by atoms with Crippen molar-refractivity contribution in [3.05, 3.63) is 45.7 Å². The molecule has 0 radical (unpaired) electrons. The number of halogens is 2. The molecule has 1 fully saturated rings. The number of aliphatic carboxylic acids is 1. The standard InChI is InChI=1S/C17H17Cl2N3O3/c1-10-7-15(17(25)21-6-2-3-11(21)9-16(23)24)20-22(10)12-4-5-13(18)14(19)8-12/h4-5,7-8,11H,2-3,6,9H2,1H3,(H,23,24). The van der Waals surface area contributed by atoms with E-state index in [0.717, 1.165) is 12.1 Å². The molecule has 1 aliphatic heterocycles. The van der Waals surface area contributed by atoms with E-state index in [0.29, 0.717) is 34.4 Å². The molecule has 132 valence electrons. The summed E-state index contributed by atoms with van der Waals surface area (Å²) in [6, 6.07) is 6.54. The summed E-state index contributed by atoms with van der Waals surface area (Å²) in [7, 11) is 0. The third kappa shape index (κ3) is 3.65. The third-order valence-corrected chi connectivity index (χ3v) is 5.04. The Morgan fingerprint density at radius 1 is 1.28 bits per heavy atom. The zero-order valence-corrected chi connectivity index (χ0v) is 15.1. The van der Waals surface area contributed by atoms with E-state index >= 15 is 0 Å². The lowest BCUT2D eigenvalue weighted by Gasteiger charge is -2.22. The van der Waals surface area contributed by atoms with Crippen LogP contribution in [0, 0.1) is 6.92 Å². The number of carbonyl (C=O) groups is 2. The molecular weight excluding hydrogens is 365 g/mol. The predicted octanol–water partition coefficient (Wildman–Crippen LogP) is 3.57. The molecule has 1 saturated heterocycles. The van der Waals surface area contributed by atoms with Crippen LogP contribution in [0.1, 0.15) is 35.4 Å². The molecule has 1 N–H and O–H groups in total. The van der Waals surface area contributed by atoms with Crippen LogP contribution in [0.5, 0.6) is 0 Å². The maximum absolute atomic E-state index is 12.8. The third-order valence-electron chi connectivity index (χ3n) is 4.30.